The van der Waals surface area contributed by atoms with Crippen LogP contribution in [0.4, 0.5) is 0 Å². The Morgan fingerprint density at radius 3 is 2.29 bits per heavy atom. The van der Waals surface area contributed by atoms with Gasteiger partial charge in [0, 0.05) is 23.8 Å². The minimum atomic E-state index is -0.892. The Bertz CT molecular complexity index is 479. The highest BCUT2D eigenvalue weighted by Gasteiger charge is 2.23. The number of rotatable bonds is 3. The molecule has 0 spiro atoms. The predicted molar refractivity (Wildman–Crippen MR) is 69.0 cm³/mol. The molecular formula is C14H14ClNO. The Balaban J connectivity index is 2.20. The third-order valence-electron chi connectivity index (χ3n) is 2.76. The molecule has 2 rings (SSSR count). The smallest absolute Gasteiger partial charge is 0.0909 e. The van der Waals surface area contributed by atoms with Gasteiger partial charge in [-0.2, -0.15) is 0 Å². The van der Waals surface area contributed by atoms with Crippen LogP contribution in [0.2, 0.25) is 5.02 Å². The number of aromatic nitrogens is 1. The van der Waals surface area contributed by atoms with Crippen molar-refractivity contribution in [2.75, 3.05) is 0 Å². The fourth-order valence-corrected chi connectivity index (χ4v) is 1.94. The topological polar surface area (TPSA) is 33.1 Å². The van der Waals surface area contributed by atoms with E-state index in [2.05, 4.69) is 4.98 Å². The summed E-state index contributed by atoms with van der Waals surface area (Å²) in [5.41, 5.74) is 1.02. The van der Waals surface area contributed by atoms with E-state index in [-0.39, 0.29) is 0 Å². The van der Waals surface area contributed by atoms with Gasteiger partial charge in [0.05, 0.1) is 5.60 Å². The van der Waals surface area contributed by atoms with Crippen LogP contribution in [0.5, 0.6) is 0 Å². The largest absolute Gasteiger partial charge is 0.385 e. The molecule has 88 valence electrons. The molecule has 1 aromatic heterocycles. The predicted octanol–water partition coefficient (Wildman–Crippen LogP) is 3.19. The van der Waals surface area contributed by atoms with Crippen LogP contribution in [-0.4, -0.2) is 10.1 Å². The second kappa shape index (κ2) is 4.86. The van der Waals surface area contributed by atoms with Gasteiger partial charge in [-0.25, -0.2) is 0 Å². The molecule has 3 heteroatoms. The van der Waals surface area contributed by atoms with Crippen molar-refractivity contribution in [3.8, 4) is 0 Å². The van der Waals surface area contributed by atoms with Crippen molar-refractivity contribution in [1.29, 1.82) is 0 Å². The number of halogens is 1. The first kappa shape index (κ1) is 12.1. The maximum atomic E-state index is 10.4. The Labute approximate surface area is 106 Å². The van der Waals surface area contributed by atoms with Crippen molar-refractivity contribution >= 4 is 11.6 Å². The quantitative estimate of drug-likeness (QED) is 0.904. The summed E-state index contributed by atoms with van der Waals surface area (Å²) in [6, 6.07) is 11.2. The molecule has 1 unspecified atom stereocenters. The van der Waals surface area contributed by atoms with Gasteiger partial charge in [-0.3, -0.25) is 4.98 Å². The lowest BCUT2D eigenvalue weighted by Crippen LogP contribution is -2.24. The number of nitrogens with zero attached hydrogens (tertiary/aromatic N) is 1. The van der Waals surface area contributed by atoms with E-state index in [0.717, 1.165) is 11.1 Å². The van der Waals surface area contributed by atoms with Gasteiger partial charge >= 0.3 is 0 Å². The first-order valence-corrected chi connectivity index (χ1v) is 5.83. The monoisotopic (exact) mass is 247 g/mol. The van der Waals surface area contributed by atoms with Crippen LogP contribution in [-0.2, 0) is 12.0 Å². The van der Waals surface area contributed by atoms with E-state index >= 15 is 0 Å². The standard InChI is InChI=1S/C14H14ClNO/c1-14(17,12-6-8-16-9-7-12)10-11-2-4-13(15)5-3-11/h2-9,17H,10H2,1H3. The van der Waals surface area contributed by atoms with E-state index in [1.807, 2.05) is 36.4 Å². The maximum absolute atomic E-state index is 10.4. The number of benzene rings is 1. The van der Waals surface area contributed by atoms with Crippen molar-refractivity contribution in [1.82, 2.24) is 4.98 Å². The second-order valence-corrected chi connectivity index (χ2v) is 4.75. The summed E-state index contributed by atoms with van der Waals surface area (Å²) in [7, 11) is 0. The molecule has 1 N–H and O–H groups in total. The minimum Gasteiger partial charge on any atom is -0.385 e. The van der Waals surface area contributed by atoms with E-state index in [1.165, 1.54) is 0 Å². The highest BCUT2D eigenvalue weighted by Crippen LogP contribution is 2.25. The molecule has 0 fully saturated rings. The summed E-state index contributed by atoms with van der Waals surface area (Å²) < 4.78 is 0. The lowest BCUT2D eigenvalue weighted by Gasteiger charge is -2.23. The third-order valence-corrected chi connectivity index (χ3v) is 3.02. The van der Waals surface area contributed by atoms with Gasteiger partial charge in [-0.1, -0.05) is 23.7 Å². The lowest BCUT2D eigenvalue weighted by atomic mass is 9.90. The lowest BCUT2D eigenvalue weighted by molar-refractivity contribution is 0.0575. The Morgan fingerprint density at radius 1 is 1.12 bits per heavy atom. The fourth-order valence-electron chi connectivity index (χ4n) is 1.81. The Hall–Kier alpha value is -1.38. The first-order chi connectivity index (χ1) is 8.08. The molecule has 0 aliphatic heterocycles. The summed E-state index contributed by atoms with van der Waals surface area (Å²) in [6.07, 6.45) is 3.92. The van der Waals surface area contributed by atoms with Crippen LogP contribution in [0.3, 0.4) is 0 Å². The van der Waals surface area contributed by atoms with Gasteiger partial charge in [0.15, 0.2) is 0 Å². The third kappa shape index (κ3) is 3.05. The van der Waals surface area contributed by atoms with Gasteiger partial charge in [0.1, 0.15) is 0 Å². The minimum absolute atomic E-state index is 0.550. The van der Waals surface area contributed by atoms with Gasteiger partial charge in [0.25, 0.3) is 0 Å². The summed E-state index contributed by atoms with van der Waals surface area (Å²) >= 11 is 5.83. The molecule has 0 saturated heterocycles. The van der Waals surface area contributed by atoms with Gasteiger partial charge < -0.3 is 5.11 Å². The zero-order valence-corrected chi connectivity index (χ0v) is 10.4. The summed E-state index contributed by atoms with van der Waals surface area (Å²) in [4.78, 5) is 3.95. The highest BCUT2D eigenvalue weighted by molar-refractivity contribution is 6.30. The van der Waals surface area contributed by atoms with E-state index in [0.29, 0.717) is 11.4 Å². The van der Waals surface area contributed by atoms with E-state index in [9.17, 15) is 5.11 Å². The molecule has 0 bridgehead atoms. The Morgan fingerprint density at radius 2 is 1.71 bits per heavy atom. The molecular weight excluding hydrogens is 234 g/mol. The molecule has 0 aliphatic carbocycles. The molecule has 0 amide bonds. The van der Waals surface area contributed by atoms with Crippen LogP contribution < -0.4 is 0 Å². The average Bonchev–Trinajstić information content (AvgIpc) is 2.33. The van der Waals surface area contributed by atoms with Crippen molar-refractivity contribution in [2.45, 2.75) is 18.9 Å². The highest BCUT2D eigenvalue weighted by atomic mass is 35.5. The molecule has 17 heavy (non-hydrogen) atoms. The van der Waals surface area contributed by atoms with Gasteiger partial charge in [-0.05, 0) is 42.3 Å². The van der Waals surface area contributed by atoms with Crippen LogP contribution >= 0.6 is 11.6 Å². The molecule has 0 saturated carbocycles. The van der Waals surface area contributed by atoms with Crippen LogP contribution in [0.25, 0.3) is 0 Å². The normalized spacial score (nSPS) is 14.3. The number of aliphatic hydroxyl groups is 1. The molecule has 1 heterocycles. The molecule has 2 aromatic rings. The summed E-state index contributed by atoms with van der Waals surface area (Å²) in [5.74, 6) is 0. The molecule has 0 aliphatic rings. The summed E-state index contributed by atoms with van der Waals surface area (Å²) in [6.45, 7) is 1.80. The van der Waals surface area contributed by atoms with E-state index in [4.69, 9.17) is 11.6 Å². The number of pyridine rings is 1. The van der Waals surface area contributed by atoms with E-state index in [1.54, 1.807) is 19.3 Å². The molecule has 2 nitrogen and oxygen atoms in total. The van der Waals surface area contributed by atoms with Crippen molar-refractivity contribution in [3.05, 3.63) is 64.9 Å². The van der Waals surface area contributed by atoms with Gasteiger partial charge in [0.2, 0.25) is 0 Å². The van der Waals surface area contributed by atoms with Gasteiger partial charge in [-0.15, -0.1) is 0 Å². The zero-order chi connectivity index (χ0) is 12.3. The molecule has 1 atom stereocenters. The van der Waals surface area contributed by atoms with Crippen molar-refractivity contribution in [2.24, 2.45) is 0 Å². The Kier molecular flexibility index (Phi) is 3.46. The summed E-state index contributed by atoms with van der Waals surface area (Å²) in [5, 5.41) is 11.2. The van der Waals surface area contributed by atoms with Crippen LogP contribution in [0.15, 0.2) is 48.8 Å². The average molecular weight is 248 g/mol. The fraction of sp³-hybridized carbons (Fsp3) is 0.214. The van der Waals surface area contributed by atoms with E-state index < -0.39 is 5.60 Å². The first-order valence-electron chi connectivity index (χ1n) is 5.45. The van der Waals surface area contributed by atoms with Crippen molar-refractivity contribution in [3.63, 3.8) is 0 Å². The van der Waals surface area contributed by atoms with Crippen LogP contribution in [0, 0.1) is 0 Å². The number of hydrogen-bond acceptors (Lipinski definition) is 2. The SMILES string of the molecule is CC(O)(Cc1ccc(Cl)cc1)c1ccncc1. The molecule has 0 radical (unpaired) electrons. The molecule has 1 aromatic carbocycles. The second-order valence-electron chi connectivity index (χ2n) is 4.31. The van der Waals surface area contributed by atoms with Crippen LogP contribution in [0.1, 0.15) is 18.1 Å². The maximum Gasteiger partial charge on any atom is 0.0909 e. The van der Waals surface area contributed by atoms with Crippen molar-refractivity contribution < 1.29 is 5.11 Å². The number of hydrogen-bond donors (Lipinski definition) is 1. The zero-order valence-electron chi connectivity index (χ0n) is 9.60.